The van der Waals surface area contributed by atoms with Crippen molar-refractivity contribution in [1.82, 2.24) is 10.2 Å². The van der Waals surface area contributed by atoms with Gasteiger partial charge in [-0.1, -0.05) is 79.9 Å². The first-order valence-corrected chi connectivity index (χ1v) is 11.3. The van der Waals surface area contributed by atoms with E-state index in [1.54, 1.807) is 4.90 Å². The van der Waals surface area contributed by atoms with Crippen LogP contribution in [0, 0.1) is 6.92 Å². The van der Waals surface area contributed by atoms with E-state index in [1.165, 1.54) is 18.4 Å². The van der Waals surface area contributed by atoms with Gasteiger partial charge in [0.25, 0.3) is 0 Å². The Labute approximate surface area is 180 Å². The average Bonchev–Trinajstić information content (AvgIpc) is 3.26. The lowest BCUT2D eigenvalue weighted by Gasteiger charge is -2.31. The Bertz CT molecular complexity index is 811. The molecule has 160 valence electrons. The maximum atomic E-state index is 13.3. The van der Waals surface area contributed by atoms with Gasteiger partial charge in [-0.15, -0.1) is 0 Å². The van der Waals surface area contributed by atoms with Crippen LogP contribution in [0.3, 0.4) is 0 Å². The number of carbonyl (C=O) groups is 2. The first-order valence-electron chi connectivity index (χ1n) is 11.3. The van der Waals surface area contributed by atoms with Crippen LogP contribution in [0.5, 0.6) is 0 Å². The third kappa shape index (κ3) is 6.19. The van der Waals surface area contributed by atoms with E-state index in [1.807, 2.05) is 37.3 Å². The predicted molar refractivity (Wildman–Crippen MR) is 121 cm³/mol. The van der Waals surface area contributed by atoms with Crippen LogP contribution in [0.2, 0.25) is 0 Å². The van der Waals surface area contributed by atoms with E-state index in [0.29, 0.717) is 25.8 Å². The molecule has 1 saturated carbocycles. The molecule has 1 fully saturated rings. The van der Waals surface area contributed by atoms with Crippen LogP contribution in [0.25, 0.3) is 0 Å². The molecule has 0 aromatic heterocycles. The molecule has 0 saturated heterocycles. The highest BCUT2D eigenvalue weighted by atomic mass is 16.2. The van der Waals surface area contributed by atoms with Crippen molar-refractivity contribution < 1.29 is 9.59 Å². The molecule has 0 radical (unpaired) electrons. The lowest BCUT2D eigenvalue weighted by Crippen LogP contribution is -2.51. The van der Waals surface area contributed by atoms with Crippen LogP contribution in [0.15, 0.2) is 54.6 Å². The zero-order valence-electron chi connectivity index (χ0n) is 18.3. The fraction of sp³-hybridized carbons (Fsp3) is 0.462. The van der Waals surface area contributed by atoms with Crippen LogP contribution < -0.4 is 5.32 Å². The number of hydrogen-bond acceptors (Lipinski definition) is 2. The van der Waals surface area contributed by atoms with Gasteiger partial charge in [-0.25, -0.2) is 0 Å². The summed E-state index contributed by atoms with van der Waals surface area (Å²) < 4.78 is 0. The molecule has 2 amide bonds. The van der Waals surface area contributed by atoms with E-state index in [0.717, 1.165) is 24.0 Å². The Balaban J connectivity index is 1.72. The van der Waals surface area contributed by atoms with Crippen molar-refractivity contribution in [2.24, 2.45) is 0 Å². The standard InChI is InChI=1S/C26H34N2O2/c1-3-24(26(30)27-23-11-7-8-12-23)28(19-22-9-5-4-6-10-22)25(29)18-17-21-15-13-20(2)14-16-21/h4-6,9-10,13-16,23-24H,3,7-8,11-12,17-19H2,1-2H3,(H,27,30)/t24-/m0/s1. The first-order chi connectivity index (χ1) is 14.6. The van der Waals surface area contributed by atoms with Gasteiger partial charge >= 0.3 is 0 Å². The molecule has 0 spiro atoms. The second kappa shape index (κ2) is 11.0. The predicted octanol–water partition coefficient (Wildman–Crippen LogP) is 4.79. The molecule has 0 heterocycles. The highest BCUT2D eigenvalue weighted by Gasteiger charge is 2.30. The van der Waals surface area contributed by atoms with Gasteiger partial charge in [0.15, 0.2) is 0 Å². The summed E-state index contributed by atoms with van der Waals surface area (Å²) >= 11 is 0. The molecule has 1 aliphatic carbocycles. The summed E-state index contributed by atoms with van der Waals surface area (Å²) in [6.07, 6.45) is 6.14. The molecule has 2 aromatic carbocycles. The fourth-order valence-electron chi connectivity index (χ4n) is 4.22. The summed E-state index contributed by atoms with van der Waals surface area (Å²) in [4.78, 5) is 28.1. The molecule has 4 nitrogen and oxygen atoms in total. The van der Waals surface area contributed by atoms with Crippen molar-refractivity contribution in [3.05, 3.63) is 71.3 Å². The van der Waals surface area contributed by atoms with Crippen LogP contribution in [0.4, 0.5) is 0 Å². The number of benzene rings is 2. The molecular formula is C26H34N2O2. The second-order valence-corrected chi connectivity index (χ2v) is 8.41. The highest BCUT2D eigenvalue weighted by Crippen LogP contribution is 2.20. The van der Waals surface area contributed by atoms with Crippen molar-refractivity contribution in [2.45, 2.75) is 77.4 Å². The molecule has 1 N–H and O–H groups in total. The summed E-state index contributed by atoms with van der Waals surface area (Å²) in [6, 6.07) is 18.1. The minimum Gasteiger partial charge on any atom is -0.352 e. The topological polar surface area (TPSA) is 49.4 Å². The number of nitrogens with one attached hydrogen (secondary N) is 1. The maximum absolute atomic E-state index is 13.3. The zero-order valence-corrected chi connectivity index (χ0v) is 18.3. The smallest absolute Gasteiger partial charge is 0.243 e. The minimum absolute atomic E-state index is 0.0102. The third-order valence-corrected chi connectivity index (χ3v) is 6.03. The van der Waals surface area contributed by atoms with E-state index in [4.69, 9.17) is 0 Å². The fourth-order valence-corrected chi connectivity index (χ4v) is 4.22. The number of hydrogen-bond donors (Lipinski definition) is 1. The summed E-state index contributed by atoms with van der Waals surface area (Å²) in [5, 5.41) is 3.20. The van der Waals surface area contributed by atoms with E-state index < -0.39 is 6.04 Å². The lowest BCUT2D eigenvalue weighted by atomic mass is 10.0. The number of aryl methyl sites for hydroxylation is 2. The van der Waals surface area contributed by atoms with Gasteiger partial charge in [0.1, 0.15) is 6.04 Å². The largest absolute Gasteiger partial charge is 0.352 e. The van der Waals surface area contributed by atoms with Gasteiger partial charge in [0.05, 0.1) is 0 Å². The van der Waals surface area contributed by atoms with Crippen molar-refractivity contribution in [2.75, 3.05) is 0 Å². The summed E-state index contributed by atoms with van der Waals surface area (Å²) in [7, 11) is 0. The van der Waals surface area contributed by atoms with Gasteiger partial charge in [0, 0.05) is 19.0 Å². The highest BCUT2D eigenvalue weighted by molar-refractivity contribution is 5.88. The molecule has 30 heavy (non-hydrogen) atoms. The van der Waals surface area contributed by atoms with Gasteiger partial charge < -0.3 is 10.2 Å². The Morgan fingerprint density at radius 2 is 1.67 bits per heavy atom. The van der Waals surface area contributed by atoms with Crippen LogP contribution in [-0.2, 0) is 22.6 Å². The third-order valence-electron chi connectivity index (χ3n) is 6.03. The molecule has 0 bridgehead atoms. The molecule has 0 unspecified atom stereocenters. The van der Waals surface area contributed by atoms with E-state index >= 15 is 0 Å². The monoisotopic (exact) mass is 406 g/mol. The van der Waals surface area contributed by atoms with Gasteiger partial charge in [0.2, 0.25) is 11.8 Å². The Morgan fingerprint density at radius 3 is 2.30 bits per heavy atom. The second-order valence-electron chi connectivity index (χ2n) is 8.41. The zero-order chi connectivity index (χ0) is 21.3. The molecule has 3 rings (SSSR count). The van der Waals surface area contributed by atoms with Gasteiger partial charge in [-0.05, 0) is 43.7 Å². The van der Waals surface area contributed by atoms with E-state index in [9.17, 15) is 9.59 Å². The van der Waals surface area contributed by atoms with Gasteiger partial charge in [-0.2, -0.15) is 0 Å². The van der Waals surface area contributed by atoms with Crippen LogP contribution in [-0.4, -0.2) is 28.8 Å². The SMILES string of the molecule is CC[C@@H](C(=O)NC1CCCC1)N(Cc1ccccc1)C(=O)CCc1ccc(C)cc1. The van der Waals surface area contributed by atoms with Crippen molar-refractivity contribution in [3.63, 3.8) is 0 Å². The Morgan fingerprint density at radius 1 is 1.00 bits per heavy atom. The molecular weight excluding hydrogens is 372 g/mol. The van der Waals surface area contributed by atoms with Crippen molar-refractivity contribution in [1.29, 1.82) is 0 Å². The summed E-state index contributed by atoms with van der Waals surface area (Å²) in [5.74, 6) is 0.0249. The summed E-state index contributed by atoms with van der Waals surface area (Å²) in [6.45, 7) is 4.51. The number of rotatable bonds is 9. The average molecular weight is 407 g/mol. The van der Waals surface area contributed by atoms with Crippen LogP contribution >= 0.6 is 0 Å². The molecule has 2 aromatic rings. The number of nitrogens with zero attached hydrogens (tertiary/aromatic N) is 1. The Hall–Kier alpha value is -2.62. The normalized spacial score (nSPS) is 15.0. The summed E-state index contributed by atoms with van der Waals surface area (Å²) in [5.41, 5.74) is 3.41. The number of amides is 2. The molecule has 4 heteroatoms. The Kier molecular flexibility index (Phi) is 8.06. The van der Waals surface area contributed by atoms with Crippen molar-refractivity contribution in [3.8, 4) is 0 Å². The maximum Gasteiger partial charge on any atom is 0.243 e. The van der Waals surface area contributed by atoms with Crippen LogP contribution in [0.1, 0.15) is 62.1 Å². The molecule has 0 aliphatic heterocycles. The minimum atomic E-state index is -0.434. The quantitative estimate of drug-likeness (QED) is 0.651. The van der Waals surface area contributed by atoms with Gasteiger partial charge in [-0.3, -0.25) is 9.59 Å². The molecule has 1 aliphatic rings. The molecule has 1 atom stereocenters. The first kappa shape index (κ1) is 22.1. The number of carbonyl (C=O) groups excluding carboxylic acids is 2. The van der Waals surface area contributed by atoms with E-state index in [-0.39, 0.29) is 17.9 Å². The van der Waals surface area contributed by atoms with Crippen molar-refractivity contribution >= 4 is 11.8 Å². The lowest BCUT2D eigenvalue weighted by molar-refractivity contribution is -0.141. The van der Waals surface area contributed by atoms with E-state index in [2.05, 4.69) is 36.5 Å².